The minimum atomic E-state index is -0.549. The summed E-state index contributed by atoms with van der Waals surface area (Å²) < 4.78 is 5.06. The minimum Gasteiger partial charge on any atom is -0.385 e. The predicted octanol–water partition coefficient (Wildman–Crippen LogP) is 2.25. The summed E-state index contributed by atoms with van der Waals surface area (Å²) in [6.07, 6.45) is 0.974. The highest BCUT2D eigenvalue weighted by Gasteiger charge is 2.09. The van der Waals surface area contributed by atoms with Gasteiger partial charge in [-0.1, -0.05) is 12.1 Å². The molecule has 0 aromatic heterocycles. The fourth-order valence-electron chi connectivity index (χ4n) is 1.90. The molecule has 19 heavy (non-hydrogen) atoms. The van der Waals surface area contributed by atoms with E-state index >= 15 is 0 Å². The van der Waals surface area contributed by atoms with Gasteiger partial charge in [-0.25, -0.2) is 4.79 Å². The quantitative estimate of drug-likeness (QED) is 0.707. The Balaban J connectivity index is 2.52. The van der Waals surface area contributed by atoms with Crippen molar-refractivity contribution in [1.29, 1.82) is 0 Å². The monoisotopic (exact) mass is 265 g/mol. The second kappa shape index (κ2) is 7.76. The van der Waals surface area contributed by atoms with Crippen molar-refractivity contribution in [1.82, 2.24) is 5.32 Å². The third kappa shape index (κ3) is 5.72. The van der Waals surface area contributed by atoms with Gasteiger partial charge < -0.3 is 21.1 Å². The van der Waals surface area contributed by atoms with Gasteiger partial charge in [0.25, 0.3) is 0 Å². The molecule has 0 heterocycles. The summed E-state index contributed by atoms with van der Waals surface area (Å²) in [7, 11) is 1.71. The van der Waals surface area contributed by atoms with Crippen LogP contribution in [0.1, 0.15) is 31.9 Å². The number of methoxy groups -OCH3 is 1. The first-order valence-corrected chi connectivity index (χ1v) is 6.44. The first-order valence-electron chi connectivity index (χ1n) is 6.44. The van der Waals surface area contributed by atoms with Gasteiger partial charge in [-0.05, 0) is 38.0 Å². The van der Waals surface area contributed by atoms with Crippen LogP contribution < -0.4 is 16.4 Å². The number of urea groups is 1. The Morgan fingerprint density at radius 3 is 2.47 bits per heavy atom. The molecule has 2 amide bonds. The van der Waals surface area contributed by atoms with Gasteiger partial charge in [-0.15, -0.1) is 0 Å². The Labute approximate surface area is 114 Å². The SMILES string of the molecule is COCCC(C)NC(C)c1ccc(NC(N)=O)cc1. The molecule has 4 N–H and O–H groups in total. The number of carbonyl (C=O) groups excluding carboxylic acids is 1. The number of benzene rings is 1. The van der Waals surface area contributed by atoms with E-state index in [9.17, 15) is 4.79 Å². The summed E-state index contributed by atoms with van der Waals surface area (Å²) in [5.41, 5.74) is 6.93. The molecule has 1 aromatic carbocycles. The largest absolute Gasteiger partial charge is 0.385 e. The minimum absolute atomic E-state index is 0.245. The van der Waals surface area contributed by atoms with Gasteiger partial charge in [0, 0.05) is 31.5 Å². The maximum absolute atomic E-state index is 10.7. The van der Waals surface area contributed by atoms with E-state index < -0.39 is 6.03 Å². The van der Waals surface area contributed by atoms with Gasteiger partial charge in [0.05, 0.1) is 0 Å². The van der Waals surface area contributed by atoms with Crippen LogP contribution in [-0.4, -0.2) is 25.8 Å². The molecule has 2 unspecified atom stereocenters. The van der Waals surface area contributed by atoms with Gasteiger partial charge in [-0.2, -0.15) is 0 Å². The van der Waals surface area contributed by atoms with Crippen molar-refractivity contribution in [3.8, 4) is 0 Å². The molecule has 5 heteroatoms. The van der Waals surface area contributed by atoms with Gasteiger partial charge >= 0.3 is 6.03 Å². The molecule has 106 valence electrons. The number of anilines is 1. The highest BCUT2D eigenvalue weighted by atomic mass is 16.5. The summed E-state index contributed by atoms with van der Waals surface area (Å²) in [5, 5.41) is 6.04. The van der Waals surface area contributed by atoms with Crippen molar-refractivity contribution in [2.45, 2.75) is 32.4 Å². The lowest BCUT2D eigenvalue weighted by Crippen LogP contribution is -2.29. The van der Waals surface area contributed by atoms with Gasteiger partial charge in [0.1, 0.15) is 0 Å². The number of hydrogen-bond acceptors (Lipinski definition) is 3. The summed E-state index contributed by atoms with van der Waals surface area (Å²) in [6, 6.07) is 7.73. The Morgan fingerprint density at radius 2 is 1.95 bits per heavy atom. The second-order valence-corrected chi connectivity index (χ2v) is 4.68. The first-order chi connectivity index (χ1) is 9.02. The van der Waals surface area contributed by atoms with Crippen molar-refractivity contribution in [2.24, 2.45) is 5.73 Å². The molecule has 2 atom stereocenters. The van der Waals surface area contributed by atoms with Crippen molar-refractivity contribution in [2.75, 3.05) is 19.0 Å². The molecule has 0 aliphatic carbocycles. The maximum atomic E-state index is 10.7. The van der Waals surface area contributed by atoms with Crippen LogP contribution in [0.25, 0.3) is 0 Å². The zero-order valence-corrected chi connectivity index (χ0v) is 11.8. The molecular formula is C14H23N3O2. The van der Waals surface area contributed by atoms with Crippen molar-refractivity contribution < 1.29 is 9.53 Å². The molecule has 0 saturated heterocycles. The smallest absolute Gasteiger partial charge is 0.316 e. The van der Waals surface area contributed by atoms with Gasteiger partial charge in [0.15, 0.2) is 0 Å². The topological polar surface area (TPSA) is 76.4 Å². The number of nitrogens with one attached hydrogen (secondary N) is 2. The molecule has 0 aliphatic rings. The van der Waals surface area contributed by atoms with E-state index in [0.717, 1.165) is 13.0 Å². The van der Waals surface area contributed by atoms with Crippen LogP contribution >= 0.6 is 0 Å². The lowest BCUT2D eigenvalue weighted by molar-refractivity contribution is 0.183. The predicted molar refractivity (Wildman–Crippen MR) is 77.2 cm³/mol. The summed E-state index contributed by atoms with van der Waals surface area (Å²) >= 11 is 0. The van der Waals surface area contributed by atoms with Gasteiger partial charge in [-0.3, -0.25) is 0 Å². The normalized spacial score (nSPS) is 13.8. The second-order valence-electron chi connectivity index (χ2n) is 4.68. The molecule has 0 fully saturated rings. The number of rotatable bonds is 7. The molecule has 0 saturated carbocycles. The van der Waals surface area contributed by atoms with Crippen LogP contribution in [-0.2, 0) is 4.74 Å². The molecule has 1 rings (SSSR count). The van der Waals surface area contributed by atoms with Crippen LogP contribution in [0.15, 0.2) is 24.3 Å². The molecule has 0 radical (unpaired) electrons. The maximum Gasteiger partial charge on any atom is 0.316 e. The number of nitrogens with two attached hydrogens (primary N) is 1. The van der Waals surface area contributed by atoms with Crippen LogP contribution in [0.5, 0.6) is 0 Å². The van der Waals surface area contributed by atoms with Crippen LogP contribution in [0, 0.1) is 0 Å². The van der Waals surface area contributed by atoms with E-state index in [1.807, 2.05) is 24.3 Å². The lowest BCUT2D eigenvalue weighted by atomic mass is 10.1. The van der Waals surface area contributed by atoms with E-state index in [0.29, 0.717) is 11.7 Å². The molecular weight excluding hydrogens is 242 g/mol. The van der Waals surface area contributed by atoms with Crippen LogP contribution in [0.3, 0.4) is 0 Å². The average Bonchev–Trinajstić information content (AvgIpc) is 2.36. The summed E-state index contributed by atoms with van der Waals surface area (Å²) in [5.74, 6) is 0. The standard InChI is InChI=1S/C14H23N3O2/c1-10(8-9-19-3)16-11(2)12-4-6-13(7-5-12)17-14(15)18/h4-7,10-11,16H,8-9H2,1-3H3,(H3,15,17,18). The number of ether oxygens (including phenoxy) is 1. The van der Waals surface area contributed by atoms with Crippen molar-refractivity contribution in [3.05, 3.63) is 29.8 Å². The Bertz CT molecular complexity index is 392. The van der Waals surface area contributed by atoms with E-state index in [-0.39, 0.29) is 6.04 Å². The summed E-state index contributed by atoms with van der Waals surface area (Å²) in [4.78, 5) is 10.7. The zero-order valence-electron chi connectivity index (χ0n) is 11.8. The third-order valence-corrected chi connectivity index (χ3v) is 2.97. The van der Waals surface area contributed by atoms with E-state index in [1.165, 1.54) is 5.56 Å². The number of amides is 2. The van der Waals surface area contributed by atoms with E-state index in [2.05, 4.69) is 24.5 Å². The van der Waals surface area contributed by atoms with Crippen molar-refractivity contribution in [3.63, 3.8) is 0 Å². The van der Waals surface area contributed by atoms with E-state index in [1.54, 1.807) is 7.11 Å². The fourth-order valence-corrected chi connectivity index (χ4v) is 1.90. The number of hydrogen-bond donors (Lipinski definition) is 3. The number of carbonyl (C=O) groups is 1. The Hall–Kier alpha value is -1.59. The summed E-state index contributed by atoms with van der Waals surface area (Å²) in [6.45, 7) is 5.00. The molecule has 1 aromatic rings. The van der Waals surface area contributed by atoms with Crippen LogP contribution in [0.2, 0.25) is 0 Å². The Morgan fingerprint density at radius 1 is 1.32 bits per heavy atom. The lowest BCUT2D eigenvalue weighted by Gasteiger charge is -2.20. The van der Waals surface area contributed by atoms with Crippen LogP contribution in [0.4, 0.5) is 10.5 Å². The Kier molecular flexibility index (Phi) is 6.32. The molecule has 0 aliphatic heterocycles. The fraction of sp³-hybridized carbons (Fsp3) is 0.500. The zero-order chi connectivity index (χ0) is 14.3. The number of primary amides is 1. The third-order valence-electron chi connectivity index (χ3n) is 2.97. The van der Waals surface area contributed by atoms with Crippen molar-refractivity contribution >= 4 is 11.7 Å². The van der Waals surface area contributed by atoms with E-state index in [4.69, 9.17) is 10.5 Å². The first kappa shape index (κ1) is 15.5. The van der Waals surface area contributed by atoms with Gasteiger partial charge in [0.2, 0.25) is 0 Å². The highest BCUT2D eigenvalue weighted by Crippen LogP contribution is 2.16. The molecule has 0 bridgehead atoms. The molecule has 5 nitrogen and oxygen atoms in total. The highest BCUT2D eigenvalue weighted by molar-refractivity contribution is 5.87. The average molecular weight is 265 g/mol. The molecule has 0 spiro atoms.